The maximum Gasteiger partial charge on any atom is 0.116 e. The average Bonchev–Trinajstić information content (AvgIpc) is 2.94. The molecule has 0 aliphatic carbocycles. The first-order valence-corrected chi connectivity index (χ1v) is 6.53. The van der Waals surface area contributed by atoms with Gasteiger partial charge in [0.1, 0.15) is 5.75 Å². The number of hydrogen-bond acceptors (Lipinski definition) is 3. The van der Waals surface area contributed by atoms with Crippen molar-refractivity contribution >= 4 is 16.5 Å². The highest BCUT2D eigenvalue weighted by atomic mass is 16.3. The number of hydrogen-bond donors (Lipinski definition) is 1. The van der Waals surface area contributed by atoms with E-state index in [1.807, 2.05) is 18.2 Å². The van der Waals surface area contributed by atoms with Crippen LogP contribution >= 0.6 is 0 Å². The van der Waals surface area contributed by atoms with Gasteiger partial charge in [-0.25, -0.2) is 0 Å². The van der Waals surface area contributed by atoms with Crippen molar-refractivity contribution in [3.63, 3.8) is 0 Å². The molecule has 0 radical (unpaired) electrons. The Morgan fingerprint density at radius 3 is 2.50 bits per heavy atom. The smallest absolute Gasteiger partial charge is 0.116 e. The van der Waals surface area contributed by atoms with Gasteiger partial charge in [-0.15, -0.1) is 0 Å². The fourth-order valence-corrected chi connectivity index (χ4v) is 2.59. The third kappa shape index (κ3) is 1.75. The Kier molecular flexibility index (Phi) is 2.33. The minimum absolute atomic E-state index is 0.297. The summed E-state index contributed by atoms with van der Waals surface area (Å²) in [6.45, 7) is 0.671. The van der Waals surface area contributed by atoms with Crippen LogP contribution in [0, 0.1) is 0 Å². The number of aromatic hydroxyl groups is 1. The Morgan fingerprint density at radius 2 is 1.55 bits per heavy atom. The highest BCUT2D eigenvalue weighted by molar-refractivity contribution is 5.88. The summed E-state index contributed by atoms with van der Waals surface area (Å²) in [7, 11) is 0. The molecule has 4 rings (SSSR count). The summed E-state index contributed by atoms with van der Waals surface area (Å²) in [4.78, 5) is 0. The summed E-state index contributed by atoms with van der Waals surface area (Å²) in [5, 5.41) is 19.8. The Hall–Kier alpha value is -2.68. The molecule has 0 saturated heterocycles. The molecule has 3 heteroatoms. The highest BCUT2D eigenvalue weighted by Crippen LogP contribution is 2.32. The second kappa shape index (κ2) is 4.17. The lowest BCUT2D eigenvalue weighted by atomic mass is 9.99. The SMILES string of the molecule is Oc1ccc2cc(-c3ccc4c(c3)CN=N4)ccc2c1. The summed E-state index contributed by atoms with van der Waals surface area (Å²) in [5.41, 5.74) is 4.48. The highest BCUT2D eigenvalue weighted by Gasteiger charge is 2.09. The number of fused-ring (bicyclic) bond motifs is 2. The molecule has 1 N–H and O–H groups in total. The zero-order chi connectivity index (χ0) is 13.5. The van der Waals surface area contributed by atoms with Gasteiger partial charge in [0.05, 0.1) is 12.2 Å². The van der Waals surface area contributed by atoms with Crippen LogP contribution in [0.1, 0.15) is 5.56 Å². The average molecular weight is 260 g/mol. The molecule has 0 aromatic heterocycles. The topological polar surface area (TPSA) is 45.0 Å². The summed E-state index contributed by atoms with van der Waals surface area (Å²) in [5.74, 6) is 0.297. The van der Waals surface area contributed by atoms with Crippen LogP contribution in [0.5, 0.6) is 5.75 Å². The van der Waals surface area contributed by atoms with Crippen LogP contribution in [0.2, 0.25) is 0 Å². The van der Waals surface area contributed by atoms with Crippen molar-refractivity contribution in [1.29, 1.82) is 0 Å². The number of azo groups is 1. The molecule has 0 amide bonds. The lowest BCUT2D eigenvalue weighted by molar-refractivity contribution is 0.476. The maximum absolute atomic E-state index is 9.50. The van der Waals surface area contributed by atoms with Crippen molar-refractivity contribution in [3.8, 4) is 16.9 Å². The molecule has 96 valence electrons. The van der Waals surface area contributed by atoms with Gasteiger partial charge in [-0.3, -0.25) is 0 Å². The first-order chi connectivity index (χ1) is 9.79. The molecule has 3 nitrogen and oxygen atoms in total. The molecular weight excluding hydrogens is 248 g/mol. The second-order valence-corrected chi connectivity index (χ2v) is 4.99. The normalized spacial score (nSPS) is 12.8. The van der Waals surface area contributed by atoms with E-state index >= 15 is 0 Å². The fourth-order valence-electron chi connectivity index (χ4n) is 2.59. The standard InChI is InChI=1S/C17H12N2O/c20-16-5-3-12-7-11(1-2-14(12)9-16)13-4-6-17-15(8-13)10-18-19-17/h1-9,20H,10H2. The molecule has 0 unspecified atom stereocenters. The minimum Gasteiger partial charge on any atom is -0.508 e. The van der Waals surface area contributed by atoms with Crippen molar-refractivity contribution in [1.82, 2.24) is 0 Å². The van der Waals surface area contributed by atoms with Crippen LogP contribution in [0.4, 0.5) is 5.69 Å². The fraction of sp³-hybridized carbons (Fsp3) is 0.0588. The van der Waals surface area contributed by atoms with Gasteiger partial charge in [-0.05, 0) is 52.2 Å². The van der Waals surface area contributed by atoms with Crippen LogP contribution in [0.25, 0.3) is 21.9 Å². The van der Waals surface area contributed by atoms with Gasteiger partial charge >= 0.3 is 0 Å². The molecule has 0 fully saturated rings. The van der Waals surface area contributed by atoms with Crippen LogP contribution in [-0.2, 0) is 6.54 Å². The van der Waals surface area contributed by atoms with Crippen LogP contribution in [0.3, 0.4) is 0 Å². The van der Waals surface area contributed by atoms with Gasteiger partial charge in [0, 0.05) is 5.56 Å². The minimum atomic E-state index is 0.297. The van der Waals surface area contributed by atoms with Crippen molar-refractivity contribution < 1.29 is 5.11 Å². The van der Waals surface area contributed by atoms with Gasteiger partial charge in [-0.1, -0.05) is 24.3 Å². The number of phenolic OH excluding ortho intramolecular Hbond substituents is 1. The number of rotatable bonds is 1. The van der Waals surface area contributed by atoms with Crippen molar-refractivity contribution in [2.45, 2.75) is 6.54 Å². The molecule has 0 bridgehead atoms. The summed E-state index contributed by atoms with van der Waals surface area (Å²) in [6, 6.07) is 17.9. The van der Waals surface area contributed by atoms with E-state index in [2.05, 4.69) is 34.5 Å². The Labute approximate surface area is 116 Å². The third-order valence-corrected chi connectivity index (χ3v) is 3.66. The monoisotopic (exact) mass is 260 g/mol. The molecule has 1 aliphatic rings. The molecule has 0 saturated carbocycles. The summed E-state index contributed by atoms with van der Waals surface area (Å²) < 4.78 is 0. The zero-order valence-corrected chi connectivity index (χ0v) is 10.7. The lowest BCUT2D eigenvalue weighted by Gasteiger charge is -2.06. The predicted octanol–water partition coefficient (Wildman–Crippen LogP) is 4.81. The second-order valence-electron chi connectivity index (χ2n) is 4.99. The van der Waals surface area contributed by atoms with E-state index < -0.39 is 0 Å². The van der Waals surface area contributed by atoms with Gasteiger partial charge in [0.15, 0.2) is 0 Å². The molecule has 20 heavy (non-hydrogen) atoms. The molecule has 3 aromatic carbocycles. The van der Waals surface area contributed by atoms with Gasteiger partial charge in [0.25, 0.3) is 0 Å². The first kappa shape index (κ1) is 11.2. The van der Waals surface area contributed by atoms with E-state index in [0.29, 0.717) is 12.3 Å². The Bertz CT molecular complexity index is 853. The van der Waals surface area contributed by atoms with E-state index in [0.717, 1.165) is 22.0 Å². The zero-order valence-electron chi connectivity index (χ0n) is 10.7. The van der Waals surface area contributed by atoms with Crippen LogP contribution < -0.4 is 0 Å². The van der Waals surface area contributed by atoms with E-state index in [9.17, 15) is 5.11 Å². The Morgan fingerprint density at radius 1 is 0.800 bits per heavy atom. The summed E-state index contributed by atoms with van der Waals surface area (Å²) in [6.07, 6.45) is 0. The number of phenols is 1. The number of nitrogens with zero attached hydrogens (tertiary/aromatic N) is 2. The van der Waals surface area contributed by atoms with Gasteiger partial charge in [-0.2, -0.15) is 10.2 Å². The maximum atomic E-state index is 9.50. The first-order valence-electron chi connectivity index (χ1n) is 6.53. The lowest BCUT2D eigenvalue weighted by Crippen LogP contribution is -1.82. The molecule has 1 aliphatic heterocycles. The van der Waals surface area contributed by atoms with Crippen molar-refractivity contribution in [2.24, 2.45) is 10.2 Å². The van der Waals surface area contributed by atoms with E-state index in [-0.39, 0.29) is 0 Å². The van der Waals surface area contributed by atoms with Gasteiger partial charge in [0.2, 0.25) is 0 Å². The van der Waals surface area contributed by atoms with E-state index in [1.165, 1.54) is 11.1 Å². The third-order valence-electron chi connectivity index (χ3n) is 3.66. The summed E-state index contributed by atoms with van der Waals surface area (Å²) >= 11 is 0. The van der Waals surface area contributed by atoms with Crippen molar-refractivity contribution in [3.05, 3.63) is 60.2 Å². The largest absolute Gasteiger partial charge is 0.508 e. The Balaban J connectivity index is 1.84. The van der Waals surface area contributed by atoms with Crippen LogP contribution in [-0.4, -0.2) is 5.11 Å². The number of benzene rings is 3. The quantitative estimate of drug-likeness (QED) is 0.670. The van der Waals surface area contributed by atoms with Crippen molar-refractivity contribution in [2.75, 3.05) is 0 Å². The predicted molar refractivity (Wildman–Crippen MR) is 79.3 cm³/mol. The molecular formula is C17H12N2O. The van der Waals surface area contributed by atoms with E-state index in [4.69, 9.17) is 0 Å². The molecule has 0 spiro atoms. The molecule has 3 aromatic rings. The molecule has 0 atom stereocenters. The molecule has 1 heterocycles. The van der Waals surface area contributed by atoms with Gasteiger partial charge < -0.3 is 5.11 Å². The van der Waals surface area contributed by atoms with E-state index in [1.54, 1.807) is 12.1 Å². The van der Waals surface area contributed by atoms with Crippen LogP contribution in [0.15, 0.2) is 64.8 Å².